The van der Waals surface area contributed by atoms with E-state index < -0.39 is 6.04 Å². The molecule has 2 N–H and O–H groups in total. The summed E-state index contributed by atoms with van der Waals surface area (Å²) < 4.78 is 13.6. The predicted octanol–water partition coefficient (Wildman–Crippen LogP) is 3.84. The molecule has 2 aromatic rings. The second-order valence-electron chi connectivity index (χ2n) is 6.46. The van der Waals surface area contributed by atoms with Crippen LogP contribution < -0.4 is 10.6 Å². The lowest BCUT2D eigenvalue weighted by Gasteiger charge is -2.22. The Bertz CT molecular complexity index is 787. The molecule has 0 heterocycles. The average molecular weight is 342 g/mol. The van der Waals surface area contributed by atoms with Crippen molar-refractivity contribution in [1.82, 2.24) is 5.32 Å². The average Bonchev–Trinajstić information content (AvgIpc) is 2.55. The molecular weight excluding hydrogens is 319 g/mol. The van der Waals surface area contributed by atoms with Crippen molar-refractivity contribution in [3.8, 4) is 0 Å². The van der Waals surface area contributed by atoms with Gasteiger partial charge in [0.05, 0.1) is 0 Å². The van der Waals surface area contributed by atoms with Crippen molar-refractivity contribution in [2.75, 3.05) is 5.32 Å². The first-order chi connectivity index (χ1) is 11.8. The van der Waals surface area contributed by atoms with E-state index in [0.717, 1.165) is 5.56 Å². The molecule has 5 heteroatoms. The quantitative estimate of drug-likeness (QED) is 0.867. The number of nitrogens with one attached hydrogen (secondary N) is 2. The van der Waals surface area contributed by atoms with Crippen molar-refractivity contribution in [2.45, 2.75) is 33.7 Å². The van der Waals surface area contributed by atoms with Crippen molar-refractivity contribution in [3.63, 3.8) is 0 Å². The van der Waals surface area contributed by atoms with E-state index in [-0.39, 0.29) is 23.5 Å². The zero-order chi connectivity index (χ0) is 18.6. The lowest BCUT2D eigenvalue weighted by atomic mass is 10.0. The van der Waals surface area contributed by atoms with E-state index in [1.54, 1.807) is 31.2 Å². The predicted molar refractivity (Wildman–Crippen MR) is 97.0 cm³/mol. The number of halogens is 1. The fraction of sp³-hybridized carbons (Fsp3) is 0.300. The molecule has 0 aliphatic rings. The molecule has 132 valence electrons. The molecular formula is C20H23FN2O2. The highest BCUT2D eigenvalue weighted by atomic mass is 19.1. The monoisotopic (exact) mass is 342 g/mol. The molecule has 2 rings (SSSR count). The number of anilines is 1. The van der Waals surface area contributed by atoms with E-state index in [1.807, 2.05) is 32.9 Å². The van der Waals surface area contributed by atoms with Gasteiger partial charge in [0.1, 0.15) is 11.9 Å². The standard InChI is InChI=1S/C20H23FN2O2/c1-12(2)18(23-19(24)16-8-6-5-7-13(16)3)20(25)22-15-10-9-14(4)17(21)11-15/h5-12,18H,1-4H3,(H,22,25)(H,23,24)/t18-/m0/s1. The number of benzene rings is 2. The minimum Gasteiger partial charge on any atom is -0.340 e. The molecule has 0 unspecified atom stereocenters. The van der Waals surface area contributed by atoms with Crippen molar-refractivity contribution in [3.05, 3.63) is 65.0 Å². The molecule has 0 saturated heterocycles. The first-order valence-electron chi connectivity index (χ1n) is 8.23. The van der Waals surface area contributed by atoms with E-state index in [4.69, 9.17) is 0 Å². The van der Waals surface area contributed by atoms with Gasteiger partial charge in [-0.25, -0.2) is 4.39 Å². The Labute approximate surface area is 147 Å². The molecule has 0 aliphatic carbocycles. The van der Waals surface area contributed by atoms with Crippen molar-refractivity contribution in [2.24, 2.45) is 5.92 Å². The lowest BCUT2D eigenvalue weighted by molar-refractivity contribution is -0.118. The van der Waals surface area contributed by atoms with Gasteiger partial charge in [-0.15, -0.1) is 0 Å². The van der Waals surface area contributed by atoms with Crippen molar-refractivity contribution < 1.29 is 14.0 Å². The summed E-state index contributed by atoms with van der Waals surface area (Å²) in [6.07, 6.45) is 0. The van der Waals surface area contributed by atoms with Gasteiger partial charge in [-0.2, -0.15) is 0 Å². The molecule has 2 amide bonds. The number of hydrogen-bond donors (Lipinski definition) is 2. The van der Waals surface area contributed by atoms with Crippen LogP contribution in [0.25, 0.3) is 0 Å². The van der Waals surface area contributed by atoms with Crippen LogP contribution >= 0.6 is 0 Å². The maximum atomic E-state index is 13.6. The van der Waals surface area contributed by atoms with Crippen LogP contribution in [0.1, 0.15) is 35.3 Å². The number of carbonyl (C=O) groups excluding carboxylic acids is 2. The first-order valence-corrected chi connectivity index (χ1v) is 8.23. The molecule has 4 nitrogen and oxygen atoms in total. The molecule has 1 atom stereocenters. The first kappa shape index (κ1) is 18.6. The van der Waals surface area contributed by atoms with Crippen LogP contribution in [-0.4, -0.2) is 17.9 Å². The fourth-order valence-corrected chi connectivity index (χ4v) is 2.47. The maximum absolute atomic E-state index is 13.6. The van der Waals surface area contributed by atoms with Crippen LogP contribution in [0.15, 0.2) is 42.5 Å². The van der Waals surface area contributed by atoms with E-state index in [2.05, 4.69) is 10.6 Å². The number of carbonyl (C=O) groups is 2. The summed E-state index contributed by atoms with van der Waals surface area (Å²) in [6.45, 7) is 7.19. The summed E-state index contributed by atoms with van der Waals surface area (Å²) in [4.78, 5) is 25.0. The van der Waals surface area contributed by atoms with Crippen LogP contribution in [0.3, 0.4) is 0 Å². The summed E-state index contributed by atoms with van der Waals surface area (Å²) in [5.41, 5.74) is 2.24. The summed E-state index contributed by atoms with van der Waals surface area (Å²) >= 11 is 0. The van der Waals surface area contributed by atoms with Crippen LogP contribution in [0.4, 0.5) is 10.1 Å². The molecule has 0 saturated carbocycles. The molecule has 0 bridgehead atoms. The van der Waals surface area contributed by atoms with E-state index in [1.165, 1.54) is 6.07 Å². The zero-order valence-corrected chi connectivity index (χ0v) is 14.9. The second kappa shape index (κ2) is 7.92. The third-order valence-corrected chi connectivity index (χ3v) is 4.06. The largest absolute Gasteiger partial charge is 0.340 e. The van der Waals surface area contributed by atoms with E-state index in [9.17, 15) is 14.0 Å². The van der Waals surface area contributed by atoms with E-state index >= 15 is 0 Å². The Morgan fingerprint density at radius 2 is 1.68 bits per heavy atom. The zero-order valence-electron chi connectivity index (χ0n) is 14.9. The SMILES string of the molecule is Cc1ccc(NC(=O)[C@@H](NC(=O)c2ccccc2C)C(C)C)cc1F. The van der Waals surface area contributed by atoms with Gasteiger partial charge < -0.3 is 10.6 Å². The topological polar surface area (TPSA) is 58.2 Å². The Kier molecular flexibility index (Phi) is 5.91. The number of hydrogen-bond acceptors (Lipinski definition) is 2. The Morgan fingerprint density at radius 3 is 2.28 bits per heavy atom. The van der Waals surface area contributed by atoms with Gasteiger partial charge in [0.25, 0.3) is 5.91 Å². The van der Waals surface area contributed by atoms with Crippen LogP contribution in [0.2, 0.25) is 0 Å². The molecule has 25 heavy (non-hydrogen) atoms. The highest BCUT2D eigenvalue weighted by Crippen LogP contribution is 2.15. The Balaban J connectivity index is 2.14. The maximum Gasteiger partial charge on any atom is 0.252 e. The summed E-state index contributed by atoms with van der Waals surface area (Å²) in [5, 5.41) is 5.44. The summed E-state index contributed by atoms with van der Waals surface area (Å²) in [5.74, 6) is -1.19. The van der Waals surface area contributed by atoms with Crippen LogP contribution in [-0.2, 0) is 4.79 Å². The molecule has 0 spiro atoms. The second-order valence-corrected chi connectivity index (χ2v) is 6.46. The molecule has 0 aliphatic heterocycles. The summed E-state index contributed by atoms with van der Waals surface area (Å²) in [7, 11) is 0. The normalized spacial score (nSPS) is 11.9. The third kappa shape index (κ3) is 4.66. The molecule has 0 radical (unpaired) electrons. The van der Waals surface area contributed by atoms with Gasteiger partial charge in [0.15, 0.2) is 0 Å². The van der Waals surface area contributed by atoms with Crippen LogP contribution in [0, 0.1) is 25.6 Å². The van der Waals surface area contributed by atoms with E-state index in [0.29, 0.717) is 16.8 Å². The number of rotatable bonds is 5. The fourth-order valence-electron chi connectivity index (χ4n) is 2.47. The van der Waals surface area contributed by atoms with Crippen molar-refractivity contribution in [1.29, 1.82) is 0 Å². The number of amides is 2. The Hall–Kier alpha value is -2.69. The molecule has 0 fully saturated rings. The smallest absolute Gasteiger partial charge is 0.252 e. The molecule has 2 aromatic carbocycles. The Morgan fingerprint density at radius 1 is 1.00 bits per heavy atom. The lowest BCUT2D eigenvalue weighted by Crippen LogP contribution is -2.47. The molecule has 0 aromatic heterocycles. The highest BCUT2D eigenvalue weighted by Gasteiger charge is 2.25. The highest BCUT2D eigenvalue weighted by molar-refractivity contribution is 6.01. The third-order valence-electron chi connectivity index (χ3n) is 4.06. The minimum absolute atomic E-state index is 0.122. The number of aryl methyl sites for hydroxylation is 2. The van der Waals surface area contributed by atoms with Crippen LogP contribution in [0.5, 0.6) is 0 Å². The minimum atomic E-state index is -0.725. The van der Waals surface area contributed by atoms with Crippen molar-refractivity contribution >= 4 is 17.5 Å². The van der Waals surface area contributed by atoms with Gasteiger partial charge in [-0.1, -0.05) is 38.1 Å². The van der Waals surface area contributed by atoms with Gasteiger partial charge >= 0.3 is 0 Å². The van der Waals surface area contributed by atoms with Gasteiger partial charge in [0.2, 0.25) is 5.91 Å². The summed E-state index contributed by atoms with van der Waals surface area (Å²) in [6, 6.07) is 11.0. The van der Waals surface area contributed by atoms with Gasteiger partial charge in [0, 0.05) is 11.3 Å². The van der Waals surface area contributed by atoms with Gasteiger partial charge in [-0.3, -0.25) is 9.59 Å². The van der Waals surface area contributed by atoms with Gasteiger partial charge in [-0.05, 0) is 49.1 Å².